The summed E-state index contributed by atoms with van der Waals surface area (Å²) in [6.07, 6.45) is 0.833. The number of hydrogen-bond donors (Lipinski definition) is 1. The van der Waals surface area contributed by atoms with Crippen LogP contribution in [0, 0.1) is 13.8 Å². The van der Waals surface area contributed by atoms with Crippen LogP contribution in [0.3, 0.4) is 0 Å². The zero-order chi connectivity index (χ0) is 21.3. The van der Waals surface area contributed by atoms with Crippen LogP contribution < -0.4 is 14.8 Å². The molecule has 1 aromatic heterocycles. The quantitative estimate of drug-likeness (QED) is 0.618. The third-order valence-electron chi connectivity index (χ3n) is 5.13. The summed E-state index contributed by atoms with van der Waals surface area (Å²) in [7, 11) is 0. The number of aromatic nitrogens is 1. The molecule has 0 atom stereocenters. The molecule has 1 aliphatic rings. The minimum absolute atomic E-state index is 0.0528. The van der Waals surface area contributed by atoms with Crippen molar-refractivity contribution in [1.82, 2.24) is 10.3 Å². The zero-order valence-corrected chi connectivity index (χ0v) is 18.6. The van der Waals surface area contributed by atoms with Gasteiger partial charge in [0, 0.05) is 22.4 Å². The Labute approximate surface area is 181 Å². The Morgan fingerprint density at radius 1 is 1.20 bits per heavy atom. The van der Waals surface area contributed by atoms with Gasteiger partial charge in [-0.25, -0.2) is 4.98 Å². The SMILES string of the molecule is Cc1ccccc1-c1nc(C)c(CNC(=O)COc2cccc3c2OC(C)(C)C3)s1. The molecular formula is C24H26N2O3S. The fourth-order valence-corrected chi connectivity index (χ4v) is 4.69. The summed E-state index contributed by atoms with van der Waals surface area (Å²) < 4.78 is 11.8. The lowest BCUT2D eigenvalue weighted by Gasteiger charge is -2.18. The molecule has 6 heteroatoms. The summed E-state index contributed by atoms with van der Waals surface area (Å²) in [6.45, 7) is 8.54. The Morgan fingerprint density at radius 2 is 2.00 bits per heavy atom. The first kappa shape index (κ1) is 20.4. The number of para-hydroxylation sites is 1. The van der Waals surface area contributed by atoms with Gasteiger partial charge in [0.15, 0.2) is 18.1 Å². The number of carbonyl (C=O) groups is 1. The Morgan fingerprint density at radius 3 is 2.80 bits per heavy atom. The van der Waals surface area contributed by atoms with Crippen LogP contribution in [-0.2, 0) is 17.8 Å². The molecule has 0 fully saturated rings. The molecule has 0 saturated heterocycles. The number of ether oxygens (including phenoxy) is 2. The molecule has 0 unspecified atom stereocenters. The predicted molar refractivity (Wildman–Crippen MR) is 119 cm³/mol. The molecule has 1 aliphatic heterocycles. The molecule has 2 aromatic carbocycles. The van der Waals surface area contributed by atoms with E-state index in [2.05, 4.69) is 29.4 Å². The molecule has 156 valence electrons. The van der Waals surface area contributed by atoms with Crippen molar-refractivity contribution in [2.75, 3.05) is 6.61 Å². The van der Waals surface area contributed by atoms with Crippen molar-refractivity contribution in [3.63, 3.8) is 0 Å². The smallest absolute Gasteiger partial charge is 0.258 e. The molecule has 0 radical (unpaired) electrons. The lowest BCUT2D eigenvalue weighted by molar-refractivity contribution is -0.123. The van der Waals surface area contributed by atoms with Gasteiger partial charge in [-0.05, 0) is 39.3 Å². The number of carbonyl (C=O) groups excluding carboxylic acids is 1. The number of amides is 1. The molecule has 4 rings (SSSR count). The van der Waals surface area contributed by atoms with E-state index in [-0.39, 0.29) is 18.1 Å². The Bertz CT molecular complexity index is 1090. The molecule has 1 amide bonds. The molecule has 0 saturated carbocycles. The number of thiazole rings is 1. The second-order valence-electron chi connectivity index (χ2n) is 8.19. The van der Waals surface area contributed by atoms with Crippen molar-refractivity contribution >= 4 is 17.2 Å². The summed E-state index contributed by atoms with van der Waals surface area (Å²) >= 11 is 1.61. The van der Waals surface area contributed by atoms with E-state index >= 15 is 0 Å². The minimum atomic E-state index is -0.247. The first-order chi connectivity index (χ1) is 14.3. The lowest BCUT2D eigenvalue weighted by Crippen LogP contribution is -2.28. The van der Waals surface area contributed by atoms with Gasteiger partial charge in [-0.3, -0.25) is 4.79 Å². The van der Waals surface area contributed by atoms with Crippen molar-refractivity contribution in [2.45, 2.75) is 46.3 Å². The van der Waals surface area contributed by atoms with Crippen molar-refractivity contribution < 1.29 is 14.3 Å². The van der Waals surface area contributed by atoms with Gasteiger partial charge in [0.2, 0.25) is 0 Å². The topological polar surface area (TPSA) is 60.5 Å². The molecular weight excluding hydrogens is 396 g/mol. The molecule has 0 aliphatic carbocycles. The Hall–Kier alpha value is -2.86. The number of fused-ring (bicyclic) bond motifs is 1. The Kier molecular flexibility index (Phi) is 5.52. The maximum atomic E-state index is 12.4. The molecule has 3 aromatic rings. The van der Waals surface area contributed by atoms with E-state index in [1.807, 2.05) is 51.1 Å². The highest BCUT2D eigenvalue weighted by Crippen LogP contribution is 2.41. The fourth-order valence-electron chi connectivity index (χ4n) is 3.59. The summed E-state index contributed by atoms with van der Waals surface area (Å²) in [5.41, 5.74) is 4.13. The second kappa shape index (κ2) is 8.11. The van der Waals surface area contributed by atoms with E-state index in [0.717, 1.165) is 38.9 Å². The largest absolute Gasteiger partial charge is 0.483 e. The predicted octanol–water partition coefficient (Wildman–Crippen LogP) is 4.84. The van der Waals surface area contributed by atoms with E-state index in [4.69, 9.17) is 9.47 Å². The molecule has 0 bridgehead atoms. The molecule has 30 heavy (non-hydrogen) atoms. The van der Waals surface area contributed by atoms with Crippen LogP contribution in [0.2, 0.25) is 0 Å². The maximum absolute atomic E-state index is 12.4. The van der Waals surface area contributed by atoms with E-state index in [1.165, 1.54) is 5.56 Å². The minimum Gasteiger partial charge on any atom is -0.483 e. The maximum Gasteiger partial charge on any atom is 0.258 e. The first-order valence-electron chi connectivity index (χ1n) is 10.0. The highest BCUT2D eigenvalue weighted by molar-refractivity contribution is 7.15. The molecule has 5 nitrogen and oxygen atoms in total. The van der Waals surface area contributed by atoms with Gasteiger partial charge < -0.3 is 14.8 Å². The van der Waals surface area contributed by atoms with Gasteiger partial charge in [-0.15, -0.1) is 11.3 Å². The molecule has 1 N–H and O–H groups in total. The van der Waals surface area contributed by atoms with Gasteiger partial charge in [0.25, 0.3) is 5.91 Å². The first-order valence-corrected chi connectivity index (χ1v) is 10.9. The second-order valence-corrected chi connectivity index (χ2v) is 9.27. The molecule has 2 heterocycles. The van der Waals surface area contributed by atoms with Crippen LogP contribution in [-0.4, -0.2) is 23.1 Å². The van der Waals surface area contributed by atoms with Crippen LogP contribution in [0.1, 0.15) is 35.5 Å². The standard InChI is InChI=1S/C24H26N2O3S/c1-15-8-5-6-10-18(15)23-26-16(2)20(30-23)13-25-21(27)14-28-19-11-7-9-17-12-24(3,4)29-22(17)19/h5-11H,12-14H2,1-4H3,(H,25,27). The van der Waals surface area contributed by atoms with Gasteiger partial charge >= 0.3 is 0 Å². The molecule has 0 spiro atoms. The highest BCUT2D eigenvalue weighted by Gasteiger charge is 2.32. The van der Waals surface area contributed by atoms with Crippen LogP contribution in [0.15, 0.2) is 42.5 Å². The summed E-state index contributed by atoms with van der Waals surface area (Å²) in [5.74, 6) is 1.19. The average molecular weight is 423 g/mol. The average Bonchev–Trinajstić information content (AvgIpc) is 3.22. The van der Waals surface area contributed by atoms with E-state index < -0.39 is 0 Å². The van der Waals surface area contributed by atoms with E-state index in [1.54, 1.807) is 11.3 Å². The van der Waals surface area contributed by atoms with Crippen molar-refractivity contribution in [3.05, 3.63) is 64.2 Å². The van der Waals surface area contributed by atoms with Crippen molar-refractivity contribution in [2.24, 2.45) is 0 Å². The number of nitrogens with zero attached hydrogens (tertiary/aromatic N) is 1. The zero-order valence-electron chi connectivity index (χ0n) is 17.7. The van der Waals surface area contributed by atoms with Crippen LogP contribution >= 0.6 is 11.3 Å². The van der Waals surface area contributed by atoms with Gasteiger partial charge in [0.1, 0.15) is 10.6 Å². The number of rotatable bonds is 6. The van der Waals surface area contributed by atoms with Crippen LogP contribution in [0.4, 0.5) is 0 Å². The number of hydrogen-bond acceptors (Lipinski definition) is 5. The monoisotopic (exact) mass is 422 g/mol. The fraction of sp³-hybridized carbons (Fsp3) is 0.333. The van der Waals surface area contributed by atoms with Crippen molar-refractivity contribution in [1.29, 1.82) is 0 Å². The summed E-state index contributed by atoms with van der Waals surface area (Å²) in [6, 6.07) is 14.0. The normalized spacial score (nSPS) is 14.1. The van der Waals surface area contributed by atoms with Crippen LogP contribution in [0.25, 0.3) is 10.6 Å². The Balaban J connectivity index is 1.36. The number of nitrogens with one attached hydrogen (secondary N) is 1. The van der Waals surface area contributed by atoms with Crippen LogP contribution in [0.5, 0.6) is 11.5 Å². The van der Waals surface area contributed by atoms with E-state index in [0.29, 0.717) is 12.3 Å². The summed E-state index contributed by atoms with van der Waals surface area (Å²) in [4.78, 5) is 18.1. The highest BCUT2D eigenvalue weighted by atomic mass is 32.1. The van der Waals surface area contributed by atoms with Crippen molar-refractivity contribution in [3.8, 4) is 22.1 Å². The third-order valence-corrected chi connectivity index (χ3v) is 6.32. The lowest BCUT2D eigenvalue weighted by atomic mass is 10.0. The van der Waals surface area contributed by atoms with Gasteiger partial charge in [0.05, 0.1) is 12.2 Å². The van der Waals surface area contributed by atoms with E-state index in [9.17, 15) is 4.79 Å². The third kappa shape index (κ3) is 4.33. The number of aryl methyl sites for hydroxylation is 2. The van der Waals surface area contributed by atoms with Gasteiger partial charge in [-0.1, -0.05) is 36.4 Å². The number of benzene rings is 2. The summed E-state index contributed by atoms with van der Waals surface area (Å²) in [5, 5.41) is 3.92. The van der Waals surface area contributed by atoms with Gasteiger partial charge in [-0.2, -0.15) is 0 Å².